The van der Waals surface area contributed by atoms with Gasteiger partial charge < -0.3 is 16.4 Å². The van der Waals surface area contributed by atoms with Crippen molar-refractivity contribution in [3.05, 3.63) is 59.7 Å². The topological polar surface area (TPSA) is 72.3 Å². The number of likely N-dealkylation sites (N-methyl/N-ethyl adjacent to an activating group) is 1. The molecule has 0 aliphatic heterocycles. The Hall–Kier alpha value is -2.49. The zero-order chi connectivity index (χ0) is 14.5. The molecule has 0 unspecified atom stereocenters. The minimum atomic E-state index is -0.459. The van der Waals surface area contributed by atoms with Crippen LogP contribution >= 0.6 is 0 Å². The lowest BCUT2D eigenvalue weighted by Gasteiger charge is -2.22. The SMILES string of the molecule is CN(CCc1ccccc1)c1ccc(N)cc1C(N)=O. The van der Waals surface area contributed by atoms with E-state index in [1.54, 1.807) is 12.1 Å². The average Bonchev–Trinajstić information content (AvgIpc) is 2.45. The van der Waals surface area contributed by atoms with Gasteiger partial charge in [-0.2, -0.15) is 0 Å². The predicted molar refractivity (Wildman–Crippen MR) is 82.8 cm³/mol. The summed E-state index contributed by atoms with van der Waals surface area (Å²) in [6.07, 6.45) is 0.903. The first-order valence-electron chi connectivity index (χ1n) is 6.52. The molecule has 0 bridgehead atoms. The van der Waals surface area contributed by atoms with Gasteiger partial charge in [0.05, 0.1) is 5.56 Å². The third kappa shape index (κ3) is 3.29. The summed E-state index contributed by atoms with van der Waals surface area (Å²) in [6.45, 7) is 0.800. The molecule has 0 heterocycles. The highest BCUT2D eigenvalue weighted by Gasteiger charge is 2.12. The molecule has 4 heteroatoms. The van der Waals surface area contributed by atoms with Crippen LogP contribution in [-0.2, 0) is 6.42 Å². The molecule has 0 aromatic heterocycles. The summed E-state index contributed by atoms with van der Waals surface area (Å²) in [5.41, 5.74) is 14.2. The van der Waals surface area contributed by atoms with E-state index < -0.39 is 5.91 Å². The number of carbonyl (C=O) groups is 1. The van der Waals surface area contributed by atoms with Crippen LogP contribution in [0.2, 0.25) is 0 Å². The van der Waals surface area contributed by atoms with Crippen molar-refractivity contribution in [3.8, 4) is 0 Å². The van der Waals surface area contributed by atoms with Gasteiger partial charge in [0, 0.05) is 25.0 Å². The maximum atomic E-state index is 11.5. The van der Waals surface area contributed by atoms with E-state index in [1.165, 1.54) is 5.56 Å². The first kappa shape index (κ1) is 13.9. The van der Waals surface area contributed by atoms with Gasteiger partial charge in [0.1, 0.15) is 0 Å². The summed E-state index contributed by atoms with van der Waals surface area (Å²) in [5.74, 6) is -0.459. The number of hydrogen-bond donors (Lipinski definition) is 2. The number of anilines is 2. The highest BCUT2D eigenvalue weighted by atomic mass is 16.1. The van der Waals surface area contributed by atoms with E-state index in [-0.39, 0.29) is 0 Å². The molecular formula is C16H19N3O. The van der Waals surface area contributed by atoms with Gasteiger partial charge >= 0.3 is 0 Å². The van der Waals surface area contributed by atoms with Crippen LogP contribution in [0.25, 0.3) is 0 Å². The number of nitrogen functional groups attached to an aromatic ring is 1. The highest BCUT2D eigenvalue weighted by Crippen LogP contribution is 2.22. The summed E-state index contributed by atoms with van der Waals surface area (Å²) in [5, 5.41) is 0. The molecule has 4 N–H and O–H groups in total. The van der Waals surface area contributed by atoms with Crippen LogP contribution in [0, 0.1) is 0 Å². The van der Waals surface area contributed by atoms with Gasteiger partial charge in [-0.25, -0.2) is 0 Å². The smallest absolute Gasteiger partial charge is 0.250 e. The van der Waals surface area contributed by atoms with Crippen LogP contribution in [0.4, 0.5) is 11.4 Å². The van der Waals surface area contributed by atoms with Gasteiger partial charge in [-0.3, -0.25) is 4.79 Å². The van der Waals surface area contributed by atoms with Crippen LogP contribution in [-0.4, -0.2) is 19.5 Å². The summed E-state index contributed by atoms with van der Waals surface area (Å²) in [7, 11) is 1.95. The minimum absolute atomic E-state index is 0.459. The van der Waals surface area contributed by atoms with Crippen molar-refractivity contribution in [1.29, 1.82) is 0 Å². The number of rotatable bonds is 5. The third-order valence-corrected chi connectivity index (χ3v) is 3.28. The normalized spacial score (nSPS) is 10.2. The highest BCUT2D eigenvalue weighted by molar-refractivity contribution is 5.99. The van der Waals surface area contributed by atoms with Crippen LogP contribution in [0.1, 0.15) is 15.9 Å². The number of nitrogens with two attached hydrogens (primary N) is 2. The van der Waals surface area contributed by atoms with Crippen molar-refractivity contribution >= 4 is 17.3 Å². The summed E-state index contributed by atoms with van der Waals surface area (Å²) in [6, 6.07) is 15.5. The summed E-state index contributed by atoms with van der Waals surface area (Å²) >= 11 is 0. The van der Waals surface area contributed by atoms with Crippen molar-refractivity contribution < 1.29 is 4.79 Å². The monoisotopic (exact) mass is 269 g/mol. The number of carbonyl (C=O) groups excluding carboxylic acids is 1. The fraction of sp³-hybridized carbons (Fsp3) is 0.188. The second-order valence-corrected chi connectivity index (χ2v) is 4.80. The van der Waals surface area contributed by atoms with Gasteiger partial charge in [-0.15, -0.1) is 0 Å². The zero-order valence-corrected chi connectivity index (χ0v) is 11.5. The number of hydrogen-bond acceptors (Lipinski definition) is 3. The van der Waals surface area contributed by atoms with E-state index in [9.17, 15) is 4.79 Å². The third-order valence-electron chi connectivity index (χ3n) is 3.28. The Morgan fingerprint density at radius 3 is 2.50 bits per heavy atom. The quantitative estimate of drug-likeness (QED) is 0.816. The molecule has 0 saturated heterocycles. The van der Waals surface area contributed by atoms with E-state index in [1.807, 2.05) is 36.2 Å². The lowest BCUT2D eigenvalue weighted by atomic mass is 10.1. The molecule has 20 heavy (non-hydrogen) atoms. The van der Waals surface area contributed by atoms with Crippen molar-refractivity contribution in [1.82, 2.24) is 0 Å². The van der Waals surface area contributed by atoms with Crippen LogP contribution < -0.4 is 16.4 Å². The molecule has 0 saturated carbocycles. The Bertz CT molecular complexity index is 596. The van der Waals surface area contributed by atoms with Gasteiger partial charge in [0.15, 0.2) is 0 Å². The van der Waals surface area contributed by atoms with Crippen molar-refractivity contribution in [2.45, 2.75) is 6.42 Å². The molecule has 2 aromatic rings. The molecular weight excluding hydrogens is 250 g/mol. The Balaban J connectivity index is 2.13. The molecule has 2 rings (SSSR count). The predicted octanol–water partition coefficient (Wildman–Crippen LogP) is 2.05. The van der Waals surface area contributed by atoms with Crippen LogP contribution in [0.3, 0.4) is 0 Å². The molecule has 1 amide bonds. The minimum Gasteiger partial charge on any atom is -0.399 e. The van der Waals surface area contributed by atoms with Crippen molar-refractivity contribution in [2.75, 3.05) is 24.2 Å². The van der Waals surface area contributed by atoms with E-state index in [2.05, 4.69) is 12.1 Å². The van der Waals surface area contributed by atoms with Gasteiger partial charge in [-0.05, 0) is 30.2 Å². The van der Waals surface area contributed by atoms with Gasteiger partial charge in [0.2, 0.25) is 0 Å². The molecule has 4 nitrogen and oxygen atoms in total. The molecule has 2 aromatic carbocycles. The molecule has 0 aliphatic rings. The van der Waals surface area contributed by atoms with Crippen LogP contribution in [0.15, 0.2) is 48.5 Å². The number of primary amides is 1. The number of nitrogens with zero attached hydrogens (tertiary/aromatic N) is 1. The first-order chi connectivity index (χ1) is 9.58. The average molecular weight is 269 g/mol. The maximum Gasteiger partial charge on any atom is 0.250 e. The number of amides is 1. The molecule has 0 spiro atoms. The Morgan fingerprint density at radius 2 is 1.85 bits per heavy atom. The van der Waals surface area contributed by atoms with E-state index in [4.69, 9.17) is 11.5 Å². The fourth-order valence-corrected chi connectivity index (χ4v) is 2.15. The van der Waals surface area contributed by atoms with E-state index in [0.29, 0.717) is 11.3 Å². The summed E-state index contributed by atoms with van der Waals surface area (Å²) in [4.78, 5) is 13.5. The standard InChI is InChI=1S/C16H19N3O/c1-19(10-9-12-5-3-2-4-6-12)15-8-7-13(17)11-14(15)16(18)20/h2-8,11H,9-10,17H2,1H3,(H2,18,20). The van der Waals surface area contributed by atoms with E-state index >= 15 is 0 Å². The van der Waals surface area contributed by atoms with Crippen molar-refractivity contribution in [2.24, 2.45) is 5.73 Å². The van der Waals surface area contributed by atoms with Crippen LogP contribution in [0.5, 0.6) is 0 Å². The lowest BCUT2D eigenvalue weighted by Crippen LogP contribution is -2.24. The zero-order valence-electron chi connectivity index (χ0n) is 11.5. The first-order valence-corrected chi connectivity index (χ1v) is 6.52. The molecule has 0 fully saturated rings. The second kappa shape index (κ2) is 6.10. The molecule has 104 valence electrons. The molecule has 0 aliphatic carbocycles. The largest absolute Gasteiger partial charge is 0.399 e. The Labute approximate surface area is 119 Å². The molecule has 0 radical (unpaired) electrons. The van der Waals surface area contributed by atoms with Gasteiger partial charge in [0.25, 0.3) is 5.91 Å². The lowest BCUT2D eigenvalue weighted by molar-refractivity contribution is 0.100. The van der Waals surface area contributed by atoms with Gasteiger partial charge in [-0.1, -0.05) is 30.3 Å². The Kier molecular flexibility index (Phi) is 4.25. The number of benzene rings is 2. The second-order valence-electron chi connectivity index (χ2n) is 4.80. The van der Waals surface area contributed by atoms with E-state index in [0.717, 1.165) is 18.7 Å². The summed E-state index contributed by atoms with van der Waals surface area (Å²) < 4.78 is 0. The Morgan fingerprint density at radius 1 is 1.15 bits per heavy atom. The fourth-order valence-electron chi connectivity index (χ4n) is 2.15. The molecule has 0 atom stereocenters. The maximum absolute atomic E-state index is 11.5. The van der Waals surface area contributed by atoms with Crippen molar-refractivity contribution in [3.63, 3.8) is 0 Å².